The molecule has 0 aliphatic rings. The minimum atomic E-state index is 0.548. The van der Waals surface area contributed by atoms with E-state index in [1.54, 1.807) is 0 Å². The molecule has 0 saturated heterocycles. The number of nitrogens with zero attached hydrogens (tertiary/aromatic N) is 2. The SMILES string of the molecule is CCCCN(c1ncc(CNCCC)cc1C)C(C)CC. The molecule has 0 aromatic carbocycles. The van der Waals surface area contributed by atoms with Gasteiger partial charge in [0.25, 0.3) is 0 Å². The maximum atomic E-state index is 4.77. The van der Waals surface area contributed by atoms with E-state index in [1.807, 2.05) is 6.20 Å². The summed E-state index contributed by atoms with van der Waals surface area (Å²) in [6.45, 7) is 14.3. The molecule has 3 heteroatoms. The third-order valence-corrected chi connectivity index (χ3v) is 4.01. The van der Waals surface area contributed by atoms with Crippen LogP contribution in [0.5, 0.6) is 0 Å². The highest BCUT2D eigenvalue weighted by Gasteiger charge is 2.16. The Morgan fingerprint density at radius 2 is 2.00 bits per heavy atom. The molecule has 1 aromatic heterocycles. The van der Waals surface area contributed by atoms with E-state index in [1.165, 1.54) is 30.4 Å². The summed E-state index contributed by atoms with van der Waals surface area (Å²) in [4.78, 5) is 7.24. The highest BCUT2D eigenvalue weighted by molar-refractivity contribution is 5.48. The molecule has 1 atom stereocenters. The van der Waals surface area contributed by atoms with E-state index in [0.29, 0.717) is 6.04 Å². The second-order valence-corrected chi connectivity index (χ2v) is 5.97. The lowest BCUT2D eigenvalue weighted by Crippen LogP contribution is -2.34. The molecule has 0 fully saturated rings. The maximum absolute atomic E-state index is 4.77. The number of aromatic nitrogens is 1. The number of unbranched alkanes of at least 4 members (excludes halogenated alkanes) is 1. The van der Waals surface area contributed by atoms with Crippen LogP contribution in [0, 0.1) is 6.92 Å². The Morgan fingerprint density at radius 1 is 1.24 bits per heavy atom. The van der Waals surface area contributed by atoms with Gasteiger partial charge in [0, 0.05) is 25.3 Å². The largest absolute Gasteiger partial charge is 0.354 e. The number of hydrogen-bond acceptors (Lipinski definition) is 3. The number of rotatable bonds is 10. The third kappa shape index (κ3) is 5.66. The fourth-order valence-corrected chi connectivity index (χ4v) is 2.52. The predicted molar refractivity (Wildman–Crippen MR) is 93.0 cm³/mol. The van der Waals surface area contributed by atoms with E-state index in [2.05, 4.69) is 50.9 Å². The third-order valence-electron chi connectivity index (χ3n) is 4.01. The molecular formula is C18H33N3. The van der Waals surface area contributed by atoms with E-state index < -0.39 is 0 Å². The smallest absolute Gasteiger partial charge is 0.131 e. The molecule has 0 aliphatic carbocycles. The Labute approximate surface area is 131 Å². The fraction of sp³-hybridized carbons (Fsp3) is 0.722. The number of hydrogen-bond donors (Lipinski definition) is 1. The average Bonchev–Trinajstić information content (AvgIpc) is 2.49. The zero-order valence-electron chi connectivity index (χ0n) is 14.6. The lowest BCUT2D eigenvalue weighted by molar-refractivity contribution is 0.587. The summed E-state index contributed by atoms with van der Waals surface area (Å²) >= 11 is 0. The molecule has 1 aromatic rings. The molecule has 21 heavy (non-hydrogen) atoms. The van der Waals surface area contributed by atoms with Crippen molar-refractivity contribution in [3.05, 3.63) is 23.4 Å². The summed E-state index contributed by atoms with van der Waals surface area (Å²) in [5, 5.41) is 3.44. The highest BCUT2D eigenvalue weighted by atomic mass is 15.2. The Balaban J connectivity index is 2.83. The van der Waals surface area contributed by atoms with Gasteiger partial charge in [-0.1, -0.05) is 27.2 Å². The van der Waals surface area contributed by atoms with E-state index in [4.69, 9.17) is 4.98 Å². The van der Waals surface area contributed by atoms with Crippen molar-refractivity contribution in [2.24, 2.45) is 0 Å². The van der Waals surface area contributed by atoms with Crippen molar-refractivity contribution in [3.8, 4) is 0 Å². The summed E-state index contributed by atoms with van der Waals surface area (Å²) in [7, 11) is 0. The first-order valence-corrected chi connectivity index (χ1v) is 8.56. The molecule has 3 nitrogen and oxygen atoms in total. The van der Waals surface area contributed by atoms with E-state index in [0.717, 1.165) is 31.9 Å². The monoisotopic (exact) mass is 291 g/mol. The van der Waals surface area contributed by atoms with Crippen molar-refractivity contribution in [3.63, 3.8) is 0 Å². The molecule has 0 aliphatic heterocycles. The first kappa shape index (κ1) is 18.0. The average molecular weight is 291 g/mol. The van der Waals surface area contributed by atoms with Crippen LogP contribution in [-0.2, 0) is 6.54 Å². The zero-order valence-corrected chi connectivity index (χ0v) is 14.6. The minimum Gasteiger partial charge on any atom is -0.354 e. The molecule has 0 spiro atoms. The van der Waals surface area contributed by atoms with Crippen LogP contribution >= 0.6 is 0 Å². The van der Waals surface area contributed by atoms with Crippen LogP contribution in [0.4, 0.5) is 5.82 Å². The van der Waals surface area contributed by atoms with Gasteiger partial charge >= 0.3 is 0 Å². The summed E-state index contributed by atoms with van der Waals surface area (Å²) in [6, 6.07) is 2.83. The summed E-state index contributed by atoms with van der Waals surface area (Å²) < 4.78 is 0. The van der Waals surface area contributed by atoms with Crippen LogP contribution in [0.15, 0.2) is 12.3 Å². The van der Waals surface area contributed by atoms with Gasteiger partial charge in [-0.15, -0.1) is 0 Å². The maximum Gasteiger partial charge on any atom is 0.131 e. The van der Waals surface area contributed by atoms with Gasteiger partial charge in [-0.25, -0.2) is 4.98 Å². The molecule has 120 valence electrons. The van der Waals surface area contributed by atoms with Gasteiger partial charge in [0.15, 0.2) is 0 Å². The van der Waals surface area contributed by atoms with Crippen LogP contribution in [-0.4, -0.2) is 24.1 Å². The van der Waals surface area contributed by atoms with Gasteiger partial charge in [0.1, 0.15) is 5.82 Å². The number of anilines is 1. The fourth-order valence-electron chi connectivity index (χ4n) is 2.52. The van der Waals surface area contributed by atoms with E-state index >= 15 is 0 Å². The molecule has 0 bridgehead atoms. The Kier molecular flexibility index (Phi) is 8.36. The number of pyridine rings is 1. The second kappa shape index (κ2) is 9.78. The Bertz CT molecular complexity index is 403. The molecule has 0 saturated carbocycles. The second-order valence-electron chi connectivity index (χ2n) is 5.97. The van der Waals surface area contributed by atoms with Crippen LogP contribution < -0.4 is 10.2 Å². The van der Waals surface area contributed by atoms with Crippen LogP contribution in [0.25, 0.3) is 0 Å². The molecule has 0 radical (unpaired) electrons. The zero-order chi connectivity index (χ0) is 15.7. The van der Waals surface area contributed by atoms with Crippen LogP contribution in [0.1, 0.15) is 64.5 Å². The number of aryl methyl sites for hydroxylation is 1. The van der Waals surface area contributed by atoms with Gasteiger partial charge < -0.3 is 10.2 Å². The Hall–Kier alpha value is -1.09. The lowest BCUT2D eigenvalue weighted by atomic mass is 10.1. The molecule has 1 rings (SSSR count). The quantitative estimate of drug-likeness (QED) is 0.652. The first-order chi connectivity index (χ1) is 10.1. The molecule has 1 N–H and O–H groups in total. The topological polar surface area (TPSA) is 28.2 Å². The van der Waals surface area contributed by atoms with Gasteiger partial charge in [-0.3, -0.25) is 0 Å². The van der Waals surface area contributed by atoms with E-state index in [-0.39, 0.29) is 0 Å². The van der Waals surface area contributed by atoms with Crippen molar-refractivity contribution in [2.75, 3.05) is 18.0 Å². The summed E-state index contributed by atoms with van der Waals surface area (Å²) in [5.74, 6) is 1.16. The van der Waals surface area contributed by atoms with Crippen molar-refractivity contribution >= 4 is 5.82 Å². The van der Waals surface area contributed by atoms with Crippen molar-refractivity contribution in [1.29, 1.82) is 0 Å². The normalized spacial score (nSPS) is 12.4. The van der Waals surface area contributed by atoms with Crippen LogP contribution in [0.2, 0.25) is 0 Å². The molecule has 0 amide bonds. The van der Waals surface area contributed by atoms with Gasteiger partial charge in [0.2, 0.25) is 0 Å². The lowest BCUT2D eigenvalue weighted by Gasteiger charge is -2.31. The summed E-state index contributed by atoms with van der Waals surface area (Å²) in [6.07, 6.45) is 6.82. The minimum absolute atomic E-state index is 0.548. The van der Waals surface area contributed by atoms with Crippen molar-refractivity contribution in [2.45, 2.75) is 72.9 Å². The molecule has 1 unspecified atom stereocenters. The standard InChI is InChI=1S/C18H33N3/c1-6-9-11-21(16(5)8-3)18-15(4)12-17(14-20-18)13-19-10-7-2/h12,14,16,19H,6-11,13H2,1-5H3. The van der Waals surface area contributed by atoms with Gasteiger partial charge in [-0.2, -0.15) is 0 Å². The van der Waals surface area contributed by atoms with Gasteiger partial charge in [0.05, 0.1) is 0 Å². The highest BCUT2D eigenvalue weighted by Crippen LogP contribution is 2.22. The molecular weight excluding hydrogens is 258 g/mol. The summed E-state index contributed by atoms with van der Waals surface area (Å²) in [5.41, 5.74) is 2.58. The number of nitrogens with one attached hydrogen (secondary N) is 1. The van der Waals surface area contributed by atoms with E-state index in [9.17, 15) is 0 Å². The van der Waals surface area contributed by atoms with Crippen molar-refractivity contribution < 1.29 is 0 Å². The van der Waals surface area contributed by atoms with Gasteiger partial charge in [-0.05, 0) is 56.8 Å². The first-order valence-electron chi connectivity index (χ1n) is 8.56. The molecule has 1 heterocycles. The van der Waals surface area contributed by atoms with Crippen molar-refractivity contribution in [1.82, 2.24) is 10.3 Å². The predicted octanol–water partition coefficient (Wildman–Crippen LogP) is 4.29. The Morgan fingerprint density at radius 3 is 2.57 bits per heavy atom. The van der Waals surface area contributed by atoms with Crippen LogP contribution in [0.3, 0.4) is 0 Å².